The molecule has 0 aromatic heterocycles. The summed E-state index contributed by atoms with van der Waals surface area (Å²) in [4.78, 5) is 29.8. The molecule has 2 aliphatic rings. The number of carbonyl (C=O) groups excluding carboxylic acids is 2. The van der Waals surface area contributed by atoms with Gasteiger partial charge in [0.1, 0.15) is 18.1 Å². The molecule has 2 unspecified atom stereocenters. The van der Waals surface area contributed by atoms with Gasteiger partial charge in [-0.15, -0.1) is 0 Å². The van der Waals surface area contributed by atoms with E-state index < -0.39 is 12.1 Å². The number of nitrogens with zero attached hydrogens (tertiary/aromatic N) is 2. The highest BCUT2D eigenvalue weighted by Gasteiger charge is 2.29. The molecule has 9 heteroatoms. The molecule has 2 heterocycles. The number of nitrogens with one attached hydrogen (secondary N) is 2. The zero-order valence-corrected chi connectivity index (χ0v) is 20.8. The van der Waals surface area contributed by atoms with Crippen molar-refractivity contribution in [3.05, 3.63) is 54.1 Å². The summed E-state index contributed by atoms with van der Waals surface area (Å²) < 4.78 is 11.0. The number of hydrogen-bond acceptors (Lipinski definition) is 6. The van der Waals surface area contributed by atoms with E-state index in [2.05, 4.69) is 15.5 Å². The molecule has 3 amide bonds. The van der Waals surface area contributed by atoms with Crippen LogP contribution in [0.2, 0.25) is 0 Å². The number of urea groups is 1. The van der Waals surface area contributed by atoms with Gasteiger partial charge in [-0.3, -0.25) is 9.69 Å². The first kappa shape index (κ1) is 25.8. The van der Waals surface area contributed by atoms with Gasteiger partial charge in [-0.05, 0) is 75.2 Å². The maximum atomic E-state index is 12.9. The van der Waals surface area contributed by atoms with Crippen molar-refractivity contribution in [2.75, 3.05) is 51.8 Å². The Balaban J connectivity index is 1.30. The number of carbonyl (C=O) groups is 2. The highest BCUT2D eigenvalue weighted by atomic mass is 16.5. The molecule has 0 radical (unpaired) electrons. The van der Waals surface area contributed by atoms with Gasteiger partial charge in [0.2, 0.25) is 0 Å². The lowest BCUT2D eigenvalue weighted by molar-refractivity contribution is 0.0811. The molecule has 2 aliphatic heterocycles. The molecule has 3 N–H and O–H groups in total. The number of likely N-dealkylation sites (tertiary alicyclic amines) is 2. The quantitative estimate of drug-likeness (QED) is 0.519. The van der Waals surface area contributed by atoms with Gasteiger partial charge in [0.15, 0.2) is 0 Å². The fourth-order valence-corrected chi connectivity index (χ4v) is 4.63. The Morgan fingerprint density at radius 1 is 1.03 bits per heavy atom. The van der Waals surface area contributed by atoms with Crippen molar-refractivity contribution >= 4 is 17.6 Å². The highest BCUT2D eigenvalue weighted by molar-refractivity contribution is 5.94. The Labute approximate surface area is 212 Å². The maximum Gasteiger partial charge on any atom is 0.321 e. The van der Waals surface area contributed by atoms with Crippen molar-refractivity contribution < 1.29 is 24.2 Å². The van der Waals surface area contributed by atoms with E-state index in [1.54, 1.807) is 60.5 Å². The van der Waals surface area contributed by atoms with Crippen molar-refractivity contribution in [2.24, 2.45) is 0 Å². The van der Waals surface area contributed by atoms with Crippen molar-refractivity contribution in [3.8, 4) is 11.5 Å². The number of benzene rings is 2. The van der Waals surface area contributed by atoms with Crippen LogP contribution in [0.15, 0.2) is 48.5 Å². The Kier molecular flexibility index (Phi) is 9.02. The molecule has 2 saturated heterocycles. The van der Waals surface area contributed by atoms with Gasteiger partial charge in [0, 0.05) is 37.0 Å². The van der Waals surface area contributed by atoms with Crippen LogP contribution in [0.1, 0.15) is 36.0 Å². The van der Waals surface area contributed by atoms with Gasteiger partial charge in [-0.2, -0.15) is 0 Å². The lowest BCUT2D eigenvalue weighted by Gasteiger charge is -2.27. The molecule has 36 heavy (non-hydrogen) atoms. The number of anilines is 1. The average molecular weight is 497 g/mol. The minimum atomic E-state index is -0.739. The Bertz CT molecular complexity index is 1010. The molecular weight excluding hydrogens is 460 g/mol. The molecular formula is C27H36N4O5. The second-order valence-corrected chi connectivity index (χ2v) is 9.32. The number of rotatable bonds is 8. The summed E-state index contributed by atoms with van der Waals surface area (Å²) in [5, 5.41) is 16.4. The third-order valence-electron chi connectivity index (χ3n) is 6.73. The average Bonchev–Trinajstić information content (AvgIpc) is 3.34. The summed E-state index contributed by atoms with van der Waals surface area (Å²) in [7, 11) is 1.57. The maximum absolute atomic E-state index is 12.9. The largest absolute Gasteiger partial charge is 0.497 e. The first-order valence-corrected chi connectivity index (χ1v) is 12.7. The molecule has 2 fully saturated rings. The monoisotopic (exact) mass is 496 g/mol. The van der Waals surface area contributed by atoms with E-state index in [-0.39, 0.29) is 18.5 Å². The third-order valence-corrected chi connectivity index (χ3v) is 6.73. The van der Waals surface area contributed by atoms with E-state index in [4.69, 9.17) is 9.47 Å². The van der Waals surface area contributed by atoms with E-state index >= 15 is 0 Å². The van der Waals surface area contributed by atoms with Crippen LogP contribution in [0.3, 0.4) is 0 Å². The van der Waals surface area contributed by atoms with E-state index in [0.717, 1.165) is 25.4 Å². The lowest BCUT2D eigenvalue weighted by Crippen LogP contribution is -2.50. The molecule has 2 atom stereocenters. The normalized spacial score (nSPS) is 20.4. The van der Waals surface area contributed by atoms with Crippen LogP contribution in [0, 0.1) is 0 Å². The Morgan fingerprint density at radius 3 is 2.56 bits per heavy atom. The fourth-order valence-electron chi connectivity index (χ4n) is 4.63. The molecule has 4 rings (SSSR count). The van der Waals surface area contributed by atoms with Gasteiger partial charge >= 0.3 is 6.03 Å². The van der Waals surface area contributed by atoms with Crippen LogP contribution < -0.4 is 20.1 Å². The van der Waals surface area contributed by atoms with Crippen molar-refractivity contribution in [1.29, 1.82) is 0 Å². The smallest absolute Gasteiger partial charge is 0.321 e. The summed E-state index contributed by atoms with van der Waals surface area (Å²) in [6.07, 6.45) is 2.91. The molecule has 9 nitrogen and oxygen atoms in total. The van der Waals surface area contributed by atoms with Crippen LogP contribution in [0.25, 0.3) is 0 Å². The van der Waals surface area contributed by atoms with Crippen molar-refractivity contribution in [1.82, 2.24) is 15.1 Å². The molecule has 0 aliphatic carbocycles. The number of aliphatic hydroxyl groups is 1. The van der Waals surface area contributed by atoms with Crippen LogP contribution >= 0.6 is 0 Å². The third kappa shape index (κ3) is 7.11. The van der Waals surface area contributed by atoms with Gasteiger partial charge in [0.25, 0.3) is 5.91 Å². The number of hydrogen-bond donors (Lipinski definition) is 3. The summed E-state index contributed by atoms with van der Waals surface area (Å²) in [5.74, 6) is 1.07. The SMILES string of the molecule is COc1cccc(NC(=O)N2CCCC(O)C(NC(=O)c3ccc(OCCN4CCCC4)cc3)C2)c1. The van der Waals surface area contributed by atoms with E-state index in [1.807, 2.05) is 0 Å². The van der Waals surface area contributed by atoms with Gasteiger partial charge < -0.3 is 30.1 Å². The summed E-state index contributed by atoms with van der Waals surface area (Å²) in [6.45, 7) is 4.49. The van der Waals surface area contributed by atoms with E-state index in [1.165, 1.54) is 12.8 Å². The number of amides is 3. The minimum absolute atomic E-state index is 0.209. The van der Waals surface area contributed by atoms with Gasteiger partial charge in [0.05, 0.1) is 19.3 Å². The fraction of sp³-hybridized carbons (Fsp3) is 0.481. The van der Waals surface area contributed by atoms with Crippen molar-refractivity contribution in [3.63, 3.8) is 0 Å². The standard InChI is InChI=1S/C27H36N4O5/c1-35-23-7-4-6-21(18-23)28-27(34)31-15-5-8-25(32)24(19-31)29-26(33)20-9-11-22(12-10-20)36-17-16-30-13-2-3-14-30/h4,6-7,9-12,18,24-25,32H,2-3,5,8,13-17,19H2,1H3,(H,28,34)(H,29,33). The second kappa shape index (κ2) is 12.6. The minimum Gasteiger partial charge on any atom is -0.497 e. The predicted molar refractivity (Wildman–Crippen MR) is 138 cm³/mol. The van der Waals surface area contributed by atoms with Crippen LogP contribution in [0.5, 0.6) is 11.5 Å². The topological polar surface area (TPSA) is 103 Å². The molecule has 0 saturated carbocycles. The predicted octanol–water partition coefficient (Wildman–Crippen LogP) is 2.96. The van der Waals surface area contributed by atoms with Gasteiger partial charge in [-0.1, -0.05) is 6.07 Å². The number of methoxy groups -OCH3 is 1. The zero-order valence-electron chi connectivity index (χ0n) is 20.8. The summed E-state index contributed by atoms with van der Waals surface area (Å²) in [5.41, 5.74) is 1.10. The first-order chi connectivity index (χ1) is 17.5. The van der Waals surface area contributed by atoms with Crippen LogP contribution in [-0.2, 0) is 0 Å². The highest BCUT2D eigenvalue weighted by Crippen LogP contribution is 2.19. The molecule has 0 bridgehead atoms. The molecule has 2 aromatic carbocycles. The van der Waals surface area contributed by atoms with Crippen LogP contribution in [0.4, 0.5) is 10.5 Å². The molecule has 194 valence electrons. The Hall–Kier alpha value is -3.30. The first-order valence-electron chi connectivity index (χ1n) is 12.7. The lowest BCUT2D eigenvalue weighted by atomic mass is 10.1. The number of aliphatic hydroxyl groups excluding tert-OH is 1. The summed E-state index contributed by atoms with van der Waals surface area (Å²) >= 11 is 0. The number of ether oxygens (including phenoxy) is 2. The van der Waals surface area contributed by atoms with Gasteiger partial charge in [-0.25, -0.2) is 4.79 Å². The van der Waals surface area contributed by atoms with E-state index in [9.17, 15) is 14.7 Å². The molecule has 0 spiro atoms. The van der Waals surface area contributed by atoms with Crippen molar-refractivity contribution in [2.45, 2.75) is 37.8 Å². The summed E-state index contributed by atoms with van der Waals surface area (Å²) in [6, 6.07) is 13.3. The zero-order chi connectivity index (χ0) is 25.3. The van der Waals surface area contributed by atoms with E-state index in [0.29, 0.717) is 43.0 Å². The second-order valence-electron chi connectivity index (χ2n) is 9.32. The Morgan fingerprint density at radius 2 is 1.81 bits per heavy atom. The molecule has 2 aromatic rings. The van der Waals surface area contributed by atoms with Crippen LogP contribution in [-0.4, -0.2) is 85.4 Å².